The molecule has 2 rings (SSSR count). The molecule has 0 bridgehead atoms. The smallest absolute Gasteiger partial charge is 0.191 e. The molecule has 24 heavy (non-hydrogen) atoms. The first-order chi connectivity index (χ1) is 11.7. The van der Waals surface area contributed by atoms with Crippen LogP contribution >= 0.6 is 11.3 Å². The lowest BCUT2D eigenvalue weighted by atomic mass is 10.2. The average molecular weight is 347 g/mol. The molecule has 0 aliphatic heterocycles. The fraction of sp³-hybridized carbons (Fsp3) is 0.444. The number of aromatic nitrogens is 1. The molecule has 0 atom stereocenters. The first kappa shape index (κ1) is 18.3. The van der Waals surface area contributed by atoms with E-state index in [9.17, 15) is 0 Å². The number of thiazole rings is 1. The zero-order valence-corrected chi connectivity index (χ0v) is 15.4. The Morgan fingerprint density at radius 3 is 2.71 bits per heavy atom. The molecule has 6 heteroatoms. The lowest BCUT2D eigenvalue weighted by Crippen LogP contribution is -2.37. The van der Waals surface area contributed by atoms with E-state index in [1.807, 2.05) is 30.3 Å². The molecule has 5 nitrogen and oxygen atoms in total. The second-order valence-corrected chi connectivity index (χ2v) is 6.59. The average Bonchev–Trinajstić information content (AvgIpc) is 3.07. The van der Waals surface area contributed by atoms with E-state index in [0.717, 1.165) is 30.4 Å². The minimum atomic E-state index is 0.478. The van der Waals surface area contributed by atoms with E-state index < -0.39 is 0 Å². The molecule has 0 aliphatic carbocycles. The zero-order chi connectivity index (χ0) is 17.2. The summed E-state index contributed by atoms with van der Waals surface area (Å²) in [6.07, 6.45) is 0.907. The van der Waals surface area contributed by atoms with Crippen LogP contribution in [-0.2, 0) is 6.54 Å². The van der Waals surface area contributed by atoms with Crippen LogP contribution in [0.15, 0.2) is 40.7 Å². The van der Waals surface area contributed by atoms with Gasteiger partial charge in [0.15, 0.2) is 5.96 Å². The summed E-state index contributed by atoms with van der Waals surface area (Å²) in [4.78, 5) is 8.84. The van der Waals surface area contributed by atoms with Crippen molar-refractivity contribution in [2.45, 2.75) is 32.7 Å². The minimum Gasteiger partial charge on any atom is -0.494 e. The molecule has 2 N–H and O–H groups in total. The van der Waals surface area contributed by atoms with Gasteiger partial charge in [-0.3, -0.25) is 4.99 Å². The monoisotopic (exact) mass is 346 g/mol. The largest absolute Gasteiger partial charge is 0.494 e. The maximum absolute atomic E-state index is 5.67. The Morgan fingerprint density at radius 2 is 2.04 bits per heavy atom. The highest BCUT2D eigenvalue weighted by atomic mass is 32.1. The number of ether oxygens (including phenoxy) is 1. The Hall–Kier alpha value is -2.08. The second kappa shape index (κ2) is 9.93. The Bertz CT molecular complexity index is 625. The topological polar surface area (TPSA) is 58.5 Å². The normalized spacial score (nSPS) is 11.6. The first-order valence-electron chi connectivity index (χ1n) is 8.25. The van der Waals surface area contributed by atoms with Gasteiger partial charge in [-0.1, -0.05) is 32.0 Å². The van der Waals surface area contributed by atoms with Gasteiger partial charge in [0.25, 0.3) is 0 Å². The molecular formula is C18H26N4OS. The summed E-state index contributed by atoms with van der Waals surface area (Å²) in [5.74, 6) is 2.17. The fourth-order valence-electron chi connectivity index (χ4n) is 2.05. The van der Waals surface area contributed by atoms with Crippen LogP contribution in [0.1, 0.15) is 36.9 Å². The molecule has 1 aromatic heterocycles. The van der Waals surface area contributed by atoms with E-state index in [0.29, 0.717) is 19.1 Å². The fourth-order valence-corrected chi connectivity index (χ4v) is 2.88. The molecular weight excluding hydrogens is 320 g/mol. The zero-order valence-electron chi connectivity index (χ0n) is 14.6. The van der Waals surface area contributed by atoms with Crippen LogP contribution in [0.4, 0.5) is 0 Å². The van der Waals surface area contributed by atoms with Crippen LogP contribution in [0.2, 0.25) is 0 Å². The lowest BCUT2D eigenvalue weighted by Gasteiger charge is -2.11. The Kier molecular flexibility index (Phi) is 7.55. The standard InChI is InChI=1S/C18H26N4OS/c1-14(2)17-22-15(13-24-17)12-21-18(19-3)20-10-7-11-23-16-8-5-4-6-9-16/h4-6,8-9,13-14H,7,10-12H2,1-3H3,(H2,19,20,21). The van der Waals surface area contributed by atoms with Gasteiger partial charge in [0.1, 0.15) is 5.75 Å². The predicted molar refractivity (Wildman–Crippen MR) is 101 cm³/mol. The van der Waals surface area contributed by atoms with Crippen LogP contribution in [-0.4, -0.2) is 31.1 Å². The van der Waals surface area contributed by atoms with Crippen molar-refractivity contribution in [3.05, 3.63) is 46.4 Å². The summed E-state index contributed by atoms with van der Waals surface area (Å²) in [6, 6.07) is 9.86. The van der Waals surface area contributed by atoms with E-state index in [4.69, 9.17) is 4.74 Å². The Balaban J connectivity index is 1.63. The van der Waals surface area contributed by atoms with Crippen molar-refractivity contribution in [1.29, 1.82) is 0 Å². The summed E-state index contributed by atoms with van der Waals surface area (Å²) in [5, 5.41) is 9.85. The summed E-state index contributed by atoms with van der Waals surface area (Å²) >= 11 is 1.71. The number of benzene rings is 1. The van der Waals surface area contributed by atoms with Crippen molar-refractivity contribution >= 4 is 17.3 Å². The molecule has 1 heterocycles. The molecule has 1 aromatic carbocycles. The van der Waals surface area contributed by atoms with Gasteiger partial charge in [-0.15, -0.1) is 11.3 Å². The van der Waals surface area contributed by atoms with E-state index in [1.54, 1.807) is 18.4 Å². The van der Waals surface area contributed by atoms with Gasteiger partial charge < -0.3 is 15.4 Å². The number of guanidine groups is 1. The van der Waals surface area contributed by atoms with E-state index in [2.05, 4.69) is 39.8 Å². The third kappa shape index (κ3) is 6.20. The van der Waals surface area contributed by atoms with Crippen molar-refractivity contribution in [2.24, 2.45) is 4.99 Å². The third-order valence-corrected chi connectivity index (χ3v) is 4.54. The summed E-state index contributed by atoms with van der Waals surface area (Å²) < 4.78 is 5.67. The van der Waals surface area contributed by atoms with Crippen LogP contribution in [0.5, 0.6) is 5.75 Å². The number of rotatable bonds is 8. The number of hydrogen-bond donors (Lipinski definition) is 2. The highest BCUT2D eigenvalue weighted by molar-refractivity contribution is 7.09. The van der Waals surface area contributed by atoms with Gasteiger partial charge in [-0.25, -0.2) is 4.98 Å². The van der Waals surface area contributed by atoms with E-state index in [-0.39, 0.29) is 0 Å². The van der Waals surface area contributed by atoms with Gasteiger partial charge in [-0.2, -0.15) is 0 Å². The molecule has 0 spiro atoms. The number of nitrogens with zero attached hydrogens (tertiary/aromatic N) is 2. The Labute approximate surface area is 148 Å². The highest BCUT2D eigenvalue weighted by Crippen LogP contribution is 2.18. The Morgan fingerprint density at radius 1 is 1.25 bits per heavy atom. The molecule has 0 amide bonds. The van der Waals surface area contributed by atoms with E-state index in [1.165, 1.54) is 5.01 Å². The van der Waals surface area contributed by atoms with Crippen LogP contribution in [0.3, 0.4) is 0 Å². The van der Waals surface area contributed by atoms with Crippen molar-refractivity contribution in [3.8, 4) is 5.75 Å². The maximum Gasteiger partial charge on any atom is 0.191 e. The SMILES string of the molecule is CN=C(NCCCOc1ccccc1)NCc1csc(C(C)C)n1. The lowest BCUT2D eigenvalue weighted by molar-refractivity contribution is 0.311. The van der Waals surface area contributed by atoms with Gasteiger partial charge in [0.05, 0.1) is 23.9 Å². The van der Waals surface area contributed by atoms with Crippen LogP contribution in [0.25, 0.3) is 0 Å². The van der Waals surface area contributed by atoms with Crippen LogP contribution in [0, 0.1) is 0 Å². The third-order valence-electron chi connectivity index (χ3n) is 3.35. The van der Waals surface area contributed by atoms with Crippen molar-refractivity contribution < 1.29 is 4.74 Å². The van der Waals surface area contributed by atoms with Crippen molar-refractivity contribution in [1.82, 2.24) is 15.6 Å². The molecule has 0 radical (unpaired) electrons. The molecule has 2 aromatic rings. The molecule has 0 aliphatic rings. The summed E-state index contributed by atoms with van der Waals surface area (Å²) in [6.45, 7) is 6.49. The maximum atomic E-state index is 5.67. The van der Waals surface area contributed by atoms with Gasteiger partial charge in [0.2, 0.25) is 0 Å². The van der Waals surface area contributed by atoms with Gasteiger partial charge in [0, 0.05) is 24.9 Å². The second-order valence-electron chi connectivity index (χ2n) is 5.70. The summed E-state index contributed by atoms with van der Waals surface area (Å²) in [5.41, 5.74) is 1.05. The van der Waals surface area contributed by atoms with Crippen molar-refractivity contribution in [3.63, 3.8) is 0 Å². The number of para-hydroxylation sites is 1. The molecule has 130 valence electrons. The number of hydrogen-bond acceptors (Lipinski definition) is 4. The predicted octanol–water partition coefficient (Wildman–Crippen LogP) is 3.40. The minimum absolute atomic E-state index is 0.478. The molecule has 0 unspecified atom stereocenters. The van der Waals surface area contributed by atoms with Gasteiger partial charge in [-0.05, 0) is 18.6 Å². The first-order valence-corrected chi connectivity index (χ1v) is 9.13. The summed E-state index contributed by atoms with van der Waals surface area (Å²) in [7, 11) is 1.77. The number of aliphatic imine (C=N–C) groups is 1. The van der Waals surface area contributed by atoms with E-state index >= 15 is 0 Å². The molecule has 0 saturated heterocycles. The highest BCUT2D eigenvalue weighted by Gasteiger charge is 2.06. The molecule has 0 fully saturated rings. The number of nitrogens with one attached hydrogen (secondary N) is 2. The van der Waals surface area contributed by atoms with Gasteiger partial charge >= 0.3 is 0 Å². The van der Waals surface area contributed by atoms with Crippen molar-refractivity contribution in [2.75, 3.05) is 20.2 Å². The quantitative estimate of drug-likeness (QED) is 0.437. The van der Waals surface area contributed by atoms with Crippen LogP contribution < -0.4 is 15.4 Å². The molecule has 0 saturated carbocycles.